The topological polar surface area (TPSA) is 30.5 Å². The molecule has 18 heavy (non-hydrogen) atoms. The Hall–Kier alpha value is -0.120. The van der Waals surface area contributed by atoms with Gasteiger partial charge in [-0.25, -0.2) is 0 Å². The molecular formula is C15H29NO2. The van der Waals surface area contributed by atoms with Crippen molar-refractivity contribution in [3.8, 4) is 0 Å². The number of ether oxygens (including phenoxy) is 2. The van der Waals surface area contributed by atoms with E-state index in [0.29, 0.717) is 23.7 Å². The molecule has 0 radical (unpaired) electrons. The lowest BCUT2D eigenvalue weighted by atomic mass is 9.64. The van der Waals surface area contributed by atoms with Gasteiger partial charge in [0.15, 0.2) is 0 Å². The smallest absolute Gasteiger partial charge is 0.0655 e. The Kier molecular flexibility index (Phi) is 5.05. The summed E-state index contributed by atoms with van der Waals surface area (Å²) in [5, 5.41) is 3.69. The molecule has 0 spiro atoms. The quantitative estimate of drug-likeness (QED) is 0.710. The highest BCUT2D eigenvalue weighted by Crippen LogP contribution is 2.42. The average molecular weight is 255 g/mol. The van der Waals surface area contributed by atoms with Crippen LogP contribution >= 0.6 is 0 Å². The SMILES string of the molecule is CCOC1CC(NCCCC2CCCO2)C1(C)C. The standard InChI is InChI=1S/C15H29NO2/c1-4-17-14-11-13(15(14,2)3)16-9-5-7-12-8-6-10-18-12/h12-14,16H,4-11H2,1-3H3. The van der Waals surface area contributed by atoms with Crippen molar-refractivity contribution in [2.24, 2.45) is 5.41 Å². The summed E-state index contributed by atoms with van der Waals surface area (Å²) in [4.78, 5) is 0. The number of hydrogen-bond acceptors (Lipinski definition) is 3. The van der Waals surface area contributed by atoms with Crippen molar-refractivity contribution in [2.45, 2.75) is 71.1 Å². The van der Waals surface area contributed by atoms with E-state index >= 15 is 0 Å². The molecule has 1 saturated heterocycles. The first-order valence-electron chi connectivity index (χ1n) is 7.61. The van der Waals surface area contributed by atoms with E-state index in [1.54, 1.807) is 0 Å². The maximum atomic E-state index is 5.75. The number of rotatable bonds is 7. The van der Waals surface area contributed by atoms with Crippen LogP contribution in [0.4, 0.5) is 0 Å². The maximum absolute atomic E-state index is 5.75. The molecule has 3 atom stereocenters. The first-order chi connectivity index (χ1) is 8.64. The summed E-state index contributed by atoms with van der Waals surface area (Å²) in [5.41, 5.74) is 0.292. The van der Waals surface area contributed by atoms with Crippen LogP contribution in [0.2, 0.25) is 0 Å². The fourth-order valence-electron chi connectivity index (χ4n) is 3.19. The van der Waals surface area contributed by atoms with Gasteiger partial charge in [-0.3, -0.25) is 0 Å². The zero-order valence-electron chi connectivity index (χ0n) is 12.2. The van der Waals surface area contributed by atoms with Crippen molar-refractivity contribution < 1.29 is 9.47 Å². The van der Waals surface area contributed by atoms with E-state index in [1.165, 1.54) is 32.1 Å². The van der Waals surface area contributed by atoms with E-state index in [0.717, 1.165) is 19.8 Å². The Morgan fingerprint density at radius 2 is 2.22 bits per heavy atom. The Labute approximate surface area is 112 Å². The average Bonchev–Trinajstić information content (AvgIpc) is 2.84. The zero-order chi connectivity index (χ0) is 13.0. The molecule has 3 nitrogen and oxygen atoms in total. The highest BCUT2D eigenvalue weighted by molar-refractivity contribution is 5.02. The van der Waals surface area contributed by atoms with Gasteiger partial charge in [-0.15, -0.1) is 0 Å². The lowest BCUT2D eigenvalue weighted by molar-refractivity contribution is -0.114. The lowest BCUT2D eigenvalue weighted by Crippen LogP contribution is -2.61. The van der Waals surface area contributed by atoms with Crippen LogP contribution in [0.3, 0.4) is 0 Å². The molecule has 1 N–H and O–H groups in total. The minimum atomic E-state index is 0.292. The normalized spacial score (nSPS) is 34.5. The number of nitrogens with one attached hydrogen (secondary N) is 1. The maximum Gasteiger partial charge on any atom is 0.0655 e. The minimum absolute atomic E-state index is 0.292. The van der Waals surface area contributed by atoms with Gasteiger partial charge in [0.1, 0.15) is 0 Å². The molecule has 1 saturated carbocycles. The molecule has 0 aromatic carbocycles. The summed E-state index contributed by atoms with van der Waals surface area (Å²) < 4.78 is 11.4. The number of hydrogen-bond donors (Lipinski definition) is 1. The van der Waals surface area contributed by atoms with Crippen molar-refractivity contribution in [3.05, 3.63) is 0 Å². The Morgan fingerprint density at radius 3 is 2.83 bits per heavy atom. The summed E-state index contributed by atoms with van der Waals surface area (Å²) in [6.45, 7) is 9.64. The third-order valence-corrected chi connectivity index (χ3v) is 4.66. The van der Waals surface area contributed by atoms with Crippen molar-refractivity contribution >= 4 is 0 Å². The van der Waals surface area contributed by atoms with Gasteiger partial charge in [0, 0.05) is 24.7 Å². The summed E-state index contributed by atoms with van der Waals surface area (Å²) in [6, 6.07) is 0.624. The van der Waals surface area contributed by atoms with Crippen LogP contribution in [0.5, 0.6) is 0 Å². The van der Waals surface area contributed by atoms with Crippen molar-refractivity contribution in [1.82, 2.24) is 5.32 Å². The fourth-order valence-corrected chi connectivity index (χ4v) is 3.19. The Morgan fingerprint density at radius 1 is 1.39 bits per heavy atom. The van der Waals surface area contributed by atoms with Crippen LogP contribution in [0.1, 0.15) is 52.9 Å². The van der Waals surface area contributed by atoms with Crippen LogP contribution in [0.25, 0.3) is 0 Å². The molecule has 1 aliphatic carbocycles. The monoisotopic (exact) mass is 255 g/mol. The molecule has 0 aromatic rings. The van der Waals surface area contributed by atoms with Gasteiger partial charge in [0.2, 0.25) is 0 Å². The van der Waals surface area contributed by atoms with Crippen LogP contribution in [0.15, 0.2) is 0 Å². The molecule has 0 amide bonds. The third-order valence-electron chi connectivity index (χ3n) is 4.66. The van der Waals surface area contributed by atoms with Gasteiger partial charge in [0.05, 0.1) is 12.2 Å². The molecule has 1 aliphatic heterocycles. The lowest BCUT2D eigenvalue weighted by Gasteiger charge is -2.52. The third kappa shape index (κ3) is 3.25. The van der Waals surface area contributed by atoms with Crippen LogP contribution in [0, 0.1) is 5.41 Å². The van der Waals surface area contributed by atoms with Gasteiger partial charge < -0.3 is 14.8 Å². The van der Waals surface area contributed by atoms with E-state index < -0.39 is 0 Å². The highest BCUT2D eigenvalue weighted by atomic mass is 16.5. The summed E-state index contributed by atoms with van der Waals surface area (Å²) in [6.07, 6.45) is 7.12. The molecule has 3 heteroatoms. The molecule has 0 aromatic heterocycles. The van der Waals surface area contributed by atoms with E-state index in [2.05, 4.69) is 26.1 Å². The van der Waals surface area contributed by atoms with Gasteiger partial charge in [-0.1, -0.05) is 13.8 Å². The minimum Gasteiger partial charge on any atom is -0.378 e. The van der Waals surface area contributed by atoms with E-state index in [1.807, 2.05) is 0 Å². The van der Waals surface area contributed by atoms with Gasteiger partial charge in [-0.05, 0) is 45.6 Å². The molecule has 2 aliphatic rings. The van der Waals surface area contributed by atoms with Crippen molar-refractivity contribution in [1.29, 1.82) is 0 Å². The summed E-state index contributed by atoms with van der Waals surface area (Å²) >= 11 is 0. The molecule has 0 bridgehead atoms. The van der Waals surface area contributed by atoms with Crippen molar-refractivity contribution in [3.63, 3.8) is 0 Å². The van der Waals surface area contributed by atoms with Gasteiger partial charge >= 0.3 is 0 Å². The molecular weight excluding hydrogens is 226 g/mol. The predicted octanol–water partition coefficient (Wildman–Crippen LogP) is 2.74. The predicted molar refractivity (Wildman–Crippen MR) is 73.8 cm³/mol. The van der Waals surface area contributed by atoms with E-state index in [-0.39, 0.29) is 0 Å². The summed E-state index contributed by atoms with van der Waals surface area (Å²) in [7, 11) is 0. The first kappa shape index (κ1) is 14.3. The summed E-state index contributed by atoms with van der Waals surface area (Å²) in [5.74, 6) is 0. The van der Waals surface area contributed by atoms with Crippen LogP contribution in [-0.2, 0) is 9.47 Å². The van der Waals surface area contributed by atoms with Gasteiger partial charge in [-0.2, -0.15) is 0 Å². The fraction of sp³-hybridized carbons (Fsp3) is 1.00. The van der Waals surface area contributed by atoms with Crippen LogP contribution < -0.4 is 5.32 Å². The van der Waals surface area contributed by atoms with Crippen molar-refractivity contribution in [2.75, 3.05) is 19.8 Å². The molecule has 2 fully saturated rings. The molecule has 3 unspecified atom stereocenters. The second-order valence-corrected chi connectivity index (χ2v) is 6.29. The molecule has 1 heterocycles. The first-order valence-corrected chi connectivity index (χ1v) is 7.61. The second-order valence-electron chi connectivity index (χ2n) is 6.29. The Bertz CT molecular complexity index is 249. The van der Waals surface area contributed by atoms with E-state index in [9.17, 15) is 0 Å². The molecule has 2 rings (SSSR count). The van der Waals surface area contributed by atoms with E-state index in [4.69, 9.17) is 9.47 Å². The van der Waals surface area contributed by atoms with Gasteiger partial charge in [0.25, 0.3) is 0 Å². The largest absolute Gasteiger partial charge is 0.378 e. The Balaban J connectivity index is 1.57. The van der Waals surface area contributed by atoms with Crippen LogP contribution in [-0.4, -0.2) is 38.0 Å². The highest BCUT2D eigenvalue weighted by Gasteiger charge is 2.48. The molecule has 106 valence electrons. The zero-order valence-corrected chi connectivity index (χ0v) is 12.2. The second kappa shape index (κ2) is 6.36.